The van der Waals surface area contributed by atoms with Crippen molar-refractivity contribution in [3.63, 3.8) is 0 Å². The molecule has 1 N–H and O–H groups in total. The molecule has 0 saturated heterocycles. The molecule has 2 aromatic carbocycles. The molecule has 6 heteroatoms. The third-order valence-electron chi connectivity index (χ3n) is 3.52. The first kappa shape index (κ1) is 18.3. The fourth-order valence-corrected chi connectivity index (χ4v) is 2.02. The first-order chi connectivity index (χ1) is 12.0. The van der Waals surface area contributed by atoms with E-state index in [1.54, 1.807) is 31.3 Å². The van der Waals surface area contributed by atoms with Crippen molar-refractivity contribution in [3.05, 3.63) is 60.2 Å². The molecule has 0 fully saturated rings. The average Bonchev–Trinajstić information content (AvgIpc) is 2.64. The summed E-state index contributed by atoms with van der Waals surface area (Å²) in [5.74, 6) is 0.0467. The molecule has 0 bridgehead atoms. The summed E-state index contributed by atoms with van der Waals surface area (Å²) in [7, 11) is 1.55. The molecule has 132 valence electrons. The number of benzene rings is 2. The standard InChI is InChI=1S/C19H21NO5/c1-20(12-11-19(22)23)18(21)14-25-17-9-7-16(8-10-17)24-13-15-5-3-2-4-6-15/h2-10H,11-14H2,1H3,(H,22,23). The van der Waals surface area contributed by atoms with Crippen LogP contribution in [-0.2, 0) is 16.2 Å². The second-order valence-electron chi connectivity index (χ2n) is 5.49. The van der Waals surface area contributed by atoms with Crippen molar-refractivity contribution in [2.75, 3.05) is 20.2 Å². The van der Waals surface area contributed by atoms with Crippen LogP contribution in [-0.4, -0.2) is 42.1 Å². The Hall–Kier alpha value is -3.02. The van der Waals surface area contributed by atoms with Gasteiger partial charge in [-0.25, -0.2) is 0 Å². The van der Waals surface area contributed by atoms with Gasteiger partial charge in [0.25, 0.3) is 5.91 Å². The molecule has 2 rings (SSSR count). The van der Waals surface area contributed by atoms with E-state index in [-0.39, 0.29) is 25.5 Å². The summed E-state index contributed by atoms with van der Waals surface area (Å²) in [5, 5.41) is 8.61. The van der Waals surface area contributed by atoms with Gasteiger partial charge in [0.1, 0.15) is 18.1 Å². The Balaban J connectivity index is 1.76. The zero-order valence-corrected chi connectivity index (χ0v) is 14.1. The van der Waals surface area contributed by atoms with E-state index in [1.165, 1.54) is 4.90 Å². The van der Waals surface area contributed by atoms with E-state index < -0.39 is 5.97 Å². The van der Waals surface area contributed by atoms with Gasteiger partial charge in [-0.05, 0) is 29.8 Å². The molecule has 0 spiro atoms. The highest BCUT2D eigenvalue weighted by molar-refractivity contribution is 5.78. The molecule has 0 aliphatic rings. The summed E-state index contributed by atoms with van der Waals surface area (Å²) in [5.41, 5.74) is 1.08. The number of hydrogen-bond donors (Lipinski definition) is 1. The number of aliphatic carboxylic acids is 1. The normalized spacial score (nSPS) is 10.1. The van der Waals surface area contributed by atoms with E-state index in [4.69, 9.17) is 14.6 Å². The van der Waals surface area contributed by atoms with E-state index >= 15 is 0 Å². The summed E-state index contributed by atoms with van der Waals surface area (Å²) in [6.45, 7) is 0.498. The number of carbonyl (C=O) groups is 2. The highest BCUT2D eigenvalue weighted by Crippen LogP contribution is 2.18. The zero-order chi connectivity index (χ0) is 18.1. The second-order valence-corrected chi connectivity index (χ2v) is 5.49. The third-order valence-corrected chi connectivity index (χ3v) is 3.52. The van der Waals surface area contributed by atoms with Gasteiger partial charge in [0.2, 0.25) is 0 Å². The topological polar surface area (TPSA) is 76.1 Å². The van der Waals surface area contributed by atoms with Crippen LogP contribution in [0.15, 0.2) is 54.6 Å². The minimum Gasteiger partial charge on any atom is -0.489 e. The van der Waals surface area contributed by atoms with Crippen molar-refractivity contribution >= 4 is 11.9 Å². The molecular formula is C19H21NO5. The van der Waals surface area contributed by atoms with Crippen molar-refractivity contribution in [2.45, 2.75) is 13.0 Å². The minimum absolute atomic E-state index is 0.0876. The van der Waals surface area contributed by atoms with Crippen molar-refractivity contribution in [1.29, 1.82) is 0 Å². The molecule has 0 heterocycles. The monoisotopic (exact) mass is 343 g/mol. The number of carbonyl (C=O) groups excluding carboxylic acids is 1. The van der Waals surface area contributed by atoms with Crippen LogP contribution < -0.4 is 9.47 Å². The second kappa shape index (κ2) is 9.32. The highest BCUT2D eigenvalue weighted by atomic mass is 16.5. The highest BCUT2D eigenvalue weighted by Gasteiger charge is 2.11. The number of carboxylic acid groups (broad SMARTS) is 1. The molecule has 0 atom stereocenters. The van der Waals surface area contributed by atoms with Crippen molar-refractivity contribution in [3.8, 4) is 11.5 Å². The van der Waals surface area contributed by atoms with Crippen LogP contribution >= 0.6 is 0 Å². The quantitative estimate of drug-likeness (QED) is 0.757. The van der Waals surface area contributed by atoms with Gasteiger partial charge in [-0.1, -0.05) is 30.3 Å². The Kier molecular flexibility index (Phi) is 6.83. The maximum Gasteiger partial charge on any atom is 0.305 e. The molecular weight excluding hydrogens is 322 g/mol. The van der Waals surface area contributed by atoms with Gasteiger partial charge in [0.15, 0.2) is 6.61 Å². The van der Waals surface area contributed by atoms with E-state index in [0.29, 0.717) is 18.1 Å². The van der Waals surface area contributed by atoms with Gasteiger partial charge < -0.3 is 19.5 Å². The van der Waals surface area contributed by atoms with E-state index in [0.717, 1.165) is 5.56 Å². The molecule has 0 unspecified atom stereocenters. The first-order valence-corrected chi connectivity index (χ1v) is 7.90. The van der Waals surface area contributed by atoms with Gasteiger partial charge in [-0.3, -0.25) is 9.59 Å². The lowest BCUT2D eigenvalue weighted by molar-refractivity contribution is -0.138. The SMILES string of the molecule is CN(CCC(=O)O)C(=O)COc1ccc(OCc2ccccc2)cc1. The van der Waals surface area contributed by atoms with Crippen molar-refractivity contribution < 1.29 is 24.2 Å². The van der Waals surface area contributed by atoms with E-state index in [2.05, 4.69) is 0 Å². The molecule has 0 radical (unpaired) electrons. The summed E-state index contributed by atoms with van der Waals surface area (Å²) in [6.07, 6.45) is -0.0876. The van der Waals surface area contributed by atoms with Crippen LogP contribution in [0.2, 0.25) is 0 Å². The smallest absolute Gasteiger partial charge is 0.305 e. The summed E-state index contributed by atoms with van der Waals surface area (Å²) in [6, 6.07) is 16.9. The van der Waals surface area contributed by atoms with Crippen LogP contribution in [0.5, 0.6) is 11.5 Å². The van der Waals surface area contributed by atoms with Crippen LogP contribution in [0, 0.1) is 0 Å². The fraction of sp³-hybridized carbons (Fsp3) is 0.263. The third kappa shape index (κ3) is 6.55. The Labute approximate surface area is 146 Å². The molecule has 0 aromatic heterocycles. The number of nitrogens with zero attached hydrogens (tertiary/aromatic N) is 1. The number of rotatable bonds is 9. The molecule has 0 saturated carbocycles. The van der Waals surface area contributed by atoms with Gasteiger partial charge >= 0.3 is 5.97 Å². The largest absolute Gasteiger partial charge is 0.489 e. The first-order valence-electron chi connectivity index (χ1n) is 7.90. The van der Waals surface area contributed by atoms with Crippen LogP contribution in [0.1, 0.15) is 12.0 Å². The van der Waals surface area contributed by atoms with Gasteiger partial charge in [-0.2, -0.15) is 0 Å². The van der Waals surface area contributed by atoms with Crippen molar-refractivity contribution in [2.24, 2.45) is 0 Å². The van der Waals surface area contributed by atoms with Crippen molar-refractivity contribution in [1.82, 2.24) is 4.90 Å². The molecule has 25 heavy (non-hydrogen) atoms. The average molecular weight is 343 g/mol. The van der Waals surface area contributed by atoms with Crippen LogP contribution in [0.4, 0.5) is 0 Å². The number of ether oxygens (including phenoxy) is 2. The molecule has 6 nitrogen and oxygen atoms in total. The Morgan fingerprint density at radius 3 is 2.16 bits per heavy atom. The van der Waals surface area contributed by atoms with Gasteiger partial charge in [0, 0.05) is 13.6 Å². The fourth-order valence-electron chi connectivity index (χ4n) is 2.02. The number of amides is 1. The summed E-state index contributed by atoms with van der Waals surface area (Å²) < 4.78 is 11.1. The number of hydrogen-bond acceptors (Lipinski definition) is 4. The van der Waals surface area contributed by atoms with Gasteiger partial charge in [-0.15, -0.1) is 0 Å². The maximum absolute atomic E-state index is 11.8. The predicted molar refractivity (Wildman–Crippen MR) is 92.6 cm³/mol. The molecule has 1 amide bonds. The lowest BCUT2D eigenvalue weighted by Crippen LogP contribution is -2.33. The molecule has 0 aliphatic heterocycles. The lowest BCUT2D eigenvalue weighted by atomic mass is 10.2. The Morgan fingerprint density at radius 1 is 0.960 bits per heavy atom. The summed E-state index contributed by atoms with van der Waals surface area (Å²) >= 11 is 0. The van der Waals surface area contributed by atoms with E-state index in [1.807, 2.05) is 30.3 Å². The minimum atomic E-state index is -0.938. The maximum atomic E-state index is 11.8. The summed E-state index contributed by atoms with van der Waals surface area (Å²) in [4.78, 5) is 23.7. The van der Waals surface area contributed by atoms with Gasteiger partial charge in [0.05, 0.1) is 6.42 Å². The lowest BCUT2D eigenvalue weighted by Gasteiger charge is -2.16. The van der Waals surface area contributed by atoms with E-state index in [9.17, 15) is 9.59 Å². The Bertz CT molecular complexity index is 685. The van der Waals surface area contributed by atoms with Crippen LogP contribution in [0.3, 0.4) is 0 Å². The molecule has 0 aliphatic carbocycles. The van der Waals surface area contributed by atoms with Crippen LogP contribution in [0.25, 0.3) is 0 Å². The number of likely N-dealkylation sites (N-methyl/N-ethyl adjacent to an activating group) is 1. The predicted octanol–water partition coefficient (Wildman–Crippen LogP) is 2.58. The molecule has 2 aromatic rings. The number of carboxylic acids is 1. The Morgan fingerprint density at radius 2 is 1.56 bits per heavy atom. The zero-order valence-electron chi connectivity index (χ0n) is 14.1.